The lowest BCUT2D eigenvalue weighted by atomic mass is 9.59. The van der Waals surface area contributed by atoms with Crippen molar-refractivity contribution in [1.29, 1.82) is 0 Å². The van der Waals surface area contributed by atoms with Crippen LogP contribution in [0.25, 0.3) is 5.57 Å². The third-order valence-electron chi connectivity index (χ3n) is 7.79. The molecule has 1 fully saturated rings. The number of carbonyl (C=O) groups excluding carboxylic acids is 1. The van der Waals surface area contributed by atoms with E-state index in [-0.39, 0.29) is 11.2 Å². The van der Waals surface area contributed by atoms with E-state index in [1.54, 1.807) is 0 Å². The average Bonchev–Trinajstić information content (AvgIpc) is 3.22. The van der Waals surface area contributed by atoms with Crippen molar-refractivity contribution in [3.05, 3.63) is 70.3 Å². The van der Waals surface area contributed by atoms with Crippen LogP contribution in [-0.2, 0) is 11.8 Å². The van der Waals surface area contributed by atoms with Crippen LogP contribution in [0.15, 0.2) is 48.0 Å². The second kappa shape index (κ2) is 8.27. The molecule has 31 heavy (non-hydrogen) atoms. The van der Waals surface area contributed by atoms with E-state index in [2.05, 4.69) is 49.1 Å². The van der Waals surface area contributed by atoms with Gasteiger partial charge in [0.1, 0.15) is 12.4 Å². The van der Waals surface area contributed by atoms with Gasteiger partial charge in [-0.15, -0.1) is 0 Å². The van der Waals surface area contributed by atoms with E-state index in [1.807, 2.05) is 12.1 Å². The first-order valence-corrected chi connectivity index (χ1v) is 12.0. The molecule has 5 rings (SSSR count). The van der Waals surface area contributed by atoms with Gasteiger partial charge in [0.25, 0.3) is 0 Å². The van der Waals surface area contributed by atoms with Crippen molar-refractivity contribution >= 4 is 11.4 Å². The number of likely N-dealkylation sites (N-methyl/N-ethyl adjacent to an activating group) is 1. The van der Waals surface area contributed by atoms with Crippen LogP contribution in [0.2, 0.25) is 0 Å². The highest BCUT2D eigenvalue weighted by Gasteiger charge is 2.48. The summed E-state index contributed by atoms with van der Waals surface area (Å²) in [5.74, 6) is 1.11. The van der Waals surface area contributed by atoms with Crippen LogP contribution in [0.5, 0.6) is 5.75 Å². The van der Waals surface area contributed by atoms with Crippen LogP contribution in [0.3, 0.4) is 0 Å². The second-order valence-corrected chi connectivity index (χ2v) is 9.24. The second-order valence-electron chi connectivity index (χ2n) is 9.24. The Balaban J connectivity index is 1.53. The van der Waals surface area contributed by atoms with E-state index in [0.717, 1.165) is 61.3 Å². The zero-order valence-corrected chi connectivity index (χ0v) is 18.9. The van der Waals surface area contributed by atoms with Crippen LogP contribution in [0, 0.1) is 0 Å². The Bertz CT molecular complexity index is 1030. The molecule has 162 valence electrons. The fourth-order valence-corrected chi connectivity index (χ4v) is 6.09. The quantitative estimate of drug-likeness (QED) is 0.596. The first-order valence-electron chi connectivity index (χ1n) is 12.0. The maximum absolute atomic E-state index is 13.7. The van der Waals surface area contributed by atoms with Gasteiger partial charge in [0.2, 0.25) is 0 Å². The first-order chi connectivity index (χ1) is 15.2. The maximum Gasteiger partial charge on any atom is 0.193 e. The number of hydrogen-bond donors (Lipinski definition) is 0. The fraction of sp³-hybridized carbons (Fsp3) is 0.464. The molecule has 3 aliphatic carbocycles. The highest BCUT2D eigenvalue weighted by atomic mass is 16.5. The lowest BCUT2D eigenvalue weighted by Crippen LogP contribution is -2.37. The summed E-state index contributed by atoms with van der Waals surface area (Å²) < 4.78 is 6.18. The Morgan fingerprint density at radius 3 is 2.52 bits per heavy atom. The SMILES string of the molecule is CCN(CC)CCOc1ccc2c(c1)C1(CCCCC1)C1=C(C2=O)c2ccccc2C1. The van der Waals surface area contributed by atoms with Gasteiger partial charge in [-0.3, -0.25) is 4.79 Å². The molecule has 3 heteroatoms. The molecule has 0 N–H and O–H groups in total. The number of allylic oxidation sites excluding steroid dienone is 2. The molecule has 0 radical (unpaired) electrons. The van der Waals surface area contributed by atoms with Crippen molar-refractivity contribution in [2.75, 3.05) is 26.2 Å². The third-order valence-corrected chi connectivity index (χ3v) is 7.79. The molecule has 2 aromatic rings. The lowest BCUT2D eigenvalue weighted by molar-refractivity contribution is 0.104. The predicted molar refractivity (Wildman–Crippen MR) is 126 cm³/mol. The van der Waals surface area contributed by atoms with Gasteiger partial charge in [-0.25, -0.2) is 0 Å². The van der Waals surface area contributed by atoms with E-state index >= 15 is 0 Å². The van der Waals surface area contributed by atoms with Gasteiger partial charge < -0.3 is 9.64 Å². The summed E-state index contributed by atoms with van der Waals surface area (Å²) in [5, 5.41) is 0. The molecular weight excluding hydrogens is 382 g/mol. The Hall–Kier alpha value is -2.39. The predicted octanol–water partition coefficient (Wildman–Crippen LogP) is 5.82. The number of fused-ring (bicyclic) bond motifs is 5. The summed E-state index contributed by atoms with van der Waals surface area (Å²) >= 11 is 0. The molecule has 0 bridgehead atoms. The molecule has 0 aromatic heterocycles. The van der Waals surface area contributed by atoms with E-state index in [1.165, 1.54) is 36.0 Å². The van der Waals surface area contributed by atoms with Gasteiger partial charge in [0.15, 0.2) is 5.78 Å². The summed E-state index contributed by atoms with van der Waals surface area (Å²) in [6.07, 6.45) is 6.96. The highest BCUT2D eigenvalue weighted by molar-refractivity contribution is 6.33. The number of benzene rings is 2. The highest BCUT2D eigenvalue weighted by Crippen LogP contribution is 2.56. The van der Waals surface area contributed by atoms with Gasteiger partial charge in [0, 0.05) is 23.1 Å². The molecule has 0 saturated heterocycles. The van der Waals surface area contributed by atoms with Gasteiger partial charge in [-0.05, 0) is 72.8 Å². The lowest BCUT2D eigenvalue weighted by Gasteiger charge is -2.43. The maximum atomic E-state index is 13.7. The fourth-order valence-electron chi connectivity index (χ4n) is 6.09. The number of nitrogens with zero attached hydrogens (tertiary/aromatic N) is 1. The minimum absolute atomic E-state index is 0.00586. The van der Waals surface area contributed by atoms with Crippen LogP contribution < -0.4 is 4.74 Å². The van der Waals surface area contributed by atoms with Crippen molar-refractivity contribution < 1.29 is 9.53 Å². The standard InChI is InChI=1S/C28H33NO2/c1-3-29(4-2)16-17-31-21-12-13-23-24(19-21)28(14-8-5-9-15-28)25-18-20-10-6-7-11-22(20)26(25)27(23)30/h6-7,10-13,19H,3-5,8-9,14-18H2,1-2H3. The molecule has 3 nitrogen and oxygen atoms in total. The van der Waals surface area contributed by atoms with Crippen molar-refractivity contribution in [3.63, 3.8) is 0 Å². The Kier molecular flexibility index (Phi) is 5.47. The molecule has 0 atom stereocenters. The molecule has 1 spiro atoms. The minimum Gasteiger partial charge on any atom is -0.492 e. The van der Waals surface area contributed by atoms with Crippen LogP contribution >= 0.6 is 0 Å². The van der Waals surface area contributed by atoms with Gasteiger partial charge >= 0.3 is 0 Å². The molecule has 0 unspecified atom stereocenters. The normalized spacial score (nSPS) is 18.9. The van der Waals surface area contributed by atoms with Gasteiger partial charge in [-0.1, -0.05) is 57.4 Å². The van der Waals surface area contributed by atoms with E-state index < -0.39 is 0 Å². The third kappa shape index (κ3) is 3.34. The molecule has 0 amide bonds. The molecule has 2 aromatic carbocycles. The molecule has 0 aliphatic heterocycles. The Labute approximate surface area is 186 Å². The summed E-state index contributed by atoms with van der Waals surface area (Å²) in [4.78, 5) is 16.0. The zero-order chi connectivity index (χ0) is 21.4. The summed E-state index contributed by atoms with van der Waals surface area (Å²) in [6, 6.07) is 14.7. The van der Waals surface area contributed by atoms with Gasteiger partial charge in [0.05, 0.1) is 0 Å². The summed E-state index contributed by atoms with van der Waals surface area (Å²) in [5.41, 5.74) is 6.98. The van der Waals surface area contributed by atoms with Crippen LogP contribution in [-0.4, -0.2) is 36.9 Å². The number of rotatable bonds is 6. The van der Waals surface area contributed by atoms with Crippen molar-refractivity contribution in [1.82, 2.24) is 4.90 Å². The van der Waals surface area contributed by atoms with Crippen molar-refractivity contribution in [2.24, 2.45) is 0 Å². The molecular formula is C28H33NO2. The smallest absolute Gasteiger partial charge is 0.193 e. The van der Waals surface area contributed by atoms with Crippen molar-refractivity contribution in [3.8, 4) is 5.75 Å². The van der Waals surface area contributed by atoms with E-state index in [4.69, 9.17) is 4.74 Å². The number of carbonyl (C=O) groups is 1. The number of Topliss-reactive ketones (excluding diaryl/α,β-unsaturated/α-hetero) is 1. The van der Waals surface area contributed by atoms with E-state index in [9.17, 15) is 4.79 Å². The zero-order valence-electron chi connectivity index (χ0n) is 18.9. The van der Waals surface area contributed by atoms with E-state index in [0.29, 0.717) is 6.61 Å². The Morgan fingerprint density at radius 2 is 1.74 bits per heavy atom. The van der Waals surface area contributed by atoms with Crippen molar-refractivity contribution in [2.45, 2.75) is 57.8 Å². The summed E-state index contributed by atoms with van der Waals surface area (Å²) in [6.45, 7) is 8.06. The Morgan fingerprint density at radius 1 is 0.968 bits per heavy atom. The molecule has 3 aliphatic rings. The number of hydrogen-bond acceptors (Lipinski definition) is 3. The molecule has 1 saturated carbocycles. The molecule has 0 heterocycles. The topological polar surface area (TPSA) is 29.5 Å². The average molecular weight is 416 g/mol. The minimum atomic E-state index is -0.00586. The van der Waals surface area contributed by atoms with Crippen LogP contribution in [0.4, 0.5) is 0 Å². The monoisotopic (exact) mass is 415 g/mol. The number of ketones is 1. The largest absolute Gasteiger partial charge is 0.492 e. The van der Waals surface area contributed by atoms with Crippen LogP contribution in [0.1, 0.15) is 73.0 Å². The summed E-state index contributed by atoms with van der Waals surface area (Å²) in [7, 11) is 0. The number of ether oxygens (including phenoxy) is 1. The first kappa shape index (κ1) is 20.5. The van der Waals surface area contributed by atoms with Gasteiger partial charge in [-0.2, -0.15) is 0 Å².